The second-order valence-electron chi connectivity index (χ2n) is 6.43. The van der Waals surface area contributed by atoms with Crippen molar-refractivity contribution in [3.8, 4) is 0 Å². The van der Waals surface area contributed by atoms with Gasteiger partial charge in [0.2, 0.25) is 0 Å². The van der Waals surface area contributed by atoms with Gasteiger partial charge in [0, 0.05) is 0 Å². The molecule has 21 heavy (non-hydrogen) atoms. The molecule has 2 aromatic rings. The third kappa shape index (κ3) is 3.29. The van der Waals surface area contributed by atoms with Crippen LogP contribution in [0.3, 0.4) is 0 Å². The first kappa shape index (κ1) is 15.2. The average molecular weight is 288 g/mol. The van der Waals surface area contributed by atoms with E-state index in [0.29, 0.717) is 16.7 Å². The Morgan fingerprint density at radius 3 is 2.57 bits per heavy atom. The smallest absolute Gasteiger partial charge is 0.332 e. The average Bonchev–Trinajstić information content (AvgIpc) is 2.32. The van der Waals surface area contributed by atoms with Crippen LogP contribution in [0.1, 0.15) is 38.6 Å². The van der Waals surface area contributed by atoms with Crippen LogP contribution >= 0.6 is 0 Å². The van der Waals surface area contributed by atoms with Crippen LogP contribution < -0.4 is 10.4 Å². The Bertz CT molecular complexity index is 754. The number of nitrogens with zero attached hydrogens (tertiary/aromatic N) is 2. The number of benzene rings is 1. The number of hydrogen-bond acceptors (Lipinski definition) is 4. The van der Waals surface area contributed by atoms with Gasteiger partial charge in [-0.2, -0.15) is 0 Å². The van der Waals surface area contributed by atoms with Crippen molar-refractivity contribution in [3.05, 3.63) is 39.9 Å². The van der Waals surface area contributed by atoms with E-state index in [1.807, 2.05) is 39.8 Å². The Hall–Kier alpha value is -2.17. The number of carbonyl (C=O) groups excluding carboxylic acids is 1. The summed E-state index contributed by atoms with van der Waals surface area (Å²) < 4.78 is 0.989. The molecule has 0 saturated heterocycles. The van der Waals surface area contributed by atoms with E-state index >= 15 is 0 Å². The monoisotopic (exact) mass is 288 g/mol. The van der Waals surface area contributed by atoms with E-state index in [1.54, 1.807) is 13.0 Å². The van der Waals surface area contributed by atoms with Crippen LogP contribution in [0.15, 0.2) is 23.0 Å². The van der Waals surface area contributed by atoms with Crippen molar-refractivity contribution < 1.29 is 9.63 Å². The Kier molecular flexibility index (Phi) is 3.85. The first-order valence-corrected chi connectivity index (χ1v) is 6.89. The second-order valence-corrected chi connectivity index (χ2v) is 6.43. The fraction of sp³-hybridized carbons (Fsp3) is 0.438. The van der Waals surface area contributed by atoms with Crippen molar-refractivity contribution >= 4 is 16.9 Å². The Labute approximate surface area is 123 Å². The van der Waals surface area contributed by atoms with E-state index in [0.717, 1.165) is 10.3 Å². The molecule has 1 heterocycles. The summed E-state index contributed by atoms with van der Waals surface area (Å²) in [4.78, 5) is 34.0. The second kappa shape index (κ2) is 5.31. The Balaban J connectivity index is 2.48. The van der Waals surface area contributed by atoms with Gasteiger partial charge in [0.1, 0.15) is 5.82 Å². The zero-order chi connectivity index (χ0) is 15.8. The molecule has 0 unspecified atom stereocenters. The number of fused-ring (bicyclic) bond motifs is 1. The van der Waals surface area contributed by atoms with Gasteiger partial charge < -0.3 is 4.84 Å². The summed E-state index contributed by atoms with van der Waals surface area (Å²) in [7, 11) is 0. The minimum atomic E-state index is -0.442. The fourth-order valence-corrected chi connectivity index (χ4v) is 2.17. The summed E-state index contributed by atoms with van der Waals surface area (Å²) in [5.74, 6) is -0.0807. The highest BCUT2D eigenvalue weighted by atomic mass is 16.7. The third-order valence-corrected chi connectivity index (χ3v) is 3.09. The van der Waals surface area contributed by atoms with E-state index in [9.17, 15) is 9.59 Å². The normalized spacial score (nSPS) is 11.7. The maximum absolute atomic E-state index is 12.5. The Morgan fingerprint density at radius 1 is 1.29 bits per heavy atom. The SMILES string of the molecule is Cc1cccc2nc(C)n(OC(=O)CC(C)(C)C)c(=O)c12. The summed E-state index contributed by atoms with van der Waals surface area (Å²) in [5, 5.41) is 0.478. The molecule has 0 aliphatic heterocycles. The molecule has 5 nitrogen and oxygen atoms in total. The van der Waals surface area contributed by atoms with Gasteiger partial charge in [-0.3, -0.25) is 4.79 Å². The van der Waals surface area contributed by atoms with Crippen molar-refractivity contribution in [3.63, 3.8) is 0 Å². The van der Waals surface area contributed by atoms with Gasteiger partial charge in [0.05, 0.1) is 17.3 Å². The van der Waals surface area contributed by atoms with Crippen LogP contribution in [0.4, 0.5) is 0 Å². The predicted octanol–water partition coefficient (Wildman–Crippen LogP) is 2.40. The standard InChI is InChI=1S/C16H20N2O3/c1-10-7-6-8-12-14(10)15(20)18(11(2)17-12)21-13(19)9-16(3,4)5/h6-8H,9H2,1-5H3. The van der Waals surface area contributed by atoms with Gasteiger partial charge in [-0.05, 0) is 30.9 Å². The molecule has 0 spiro atoms. The molecule has 0 atom stereocenters. The summed E-state index contributed by atoms with van der Waals surface area (Å²) in [6, 6.07) is 5.46. The fourth-order valence-electron chi connectivity index (χ4n) is 2.17. The lowest BCUT2D eigenvalue weighted by atomic mass is 9.93. The molecule has 0 saturated carbocycles. The lowest BCUT2D eigenvalue weighted by molar-refractivity contribution is -0.147. The number of hydrogen-bond donors (Lipinski definition) is 0. The molecule has 5 heteroatoms. The highest BCUT2D eigenvalue weighted by molar-refractivity contribution is 5.81. The molecule has 112 valence electrons. The van der Waals surface area contributed by atoms with Crippen molar-refractivity contribution in [1.82, 2.24) is 9.71 Å². The van der Waals surface area contributed by atoms with Crippen LogP contribution in [0.5, 0.6) is 0 Å². The topological polar surface area (TPSA) is 61.2 Å². The highest BCUT2D eigenvalue weighted by Gasteiger charge is 2.20. The van der Waals surface area contributed by atoms with Crippen LogP contribution in [0.2, 0.25) is 0 Å². The molecule has 0 amide bonds. The summed E-state index contributed by atoms with van der Waals surface area (Å²) >= 11 is 0. The lowest BCUT2D eigenvalue weighted by Crippen LogP contribution is -2.35. The molecule has 2 rings (SSSR count). The highest BCUT2D eigenvalue weighted by Crippen LogP contribution is 2.18. The third-order valence-electron chi connectivity index (χ3n) is 3.09. The van der Waals surface area contributed by atoms with Crippen LogP contribution in [-0.2, 0) is 4.79 Å². The van der Waals surface area contributed by atoms with E-state index in [4.69, 9.17) is 4.84 Å². The zero-order valence-corrected chi connectivity index (χ0v) is 13.1. The first-order chi connectivity index (χ1) is 9.69. The predicted molar refractivity (Wildman–Crippen MR) is 81.1 cm³/mol. The summed E-state index contributed by atoms with van der Waals surface area (Å²) in [5.41, 5.74) is 0.874. The molecular formula is C16H20N2O3. The molecule has 1 aromatic carbocycles. The van der Waals surface area contributed by atoms with Gasteiger partial charge in [-0.25, -0.2) is 9.78 Å². The van der Waals surface area contributed by atoms with Crippen molar-refractivity contribution in [1.29, 1.82) is 0 Å². The van der Waals surface area contributed by atoms with E-state index < -0.39 is 5.97 Å². The van der Waals surface area contributed by atoms with E-state index in [-0.39, 0.29) is 17.4 Å². The molecular weight excluding hydrogens is 268 g/mol. The van der Waals surface area contributed by atoms with Gasteiger partial charge in [0.15, 0.2) is 0 Å². The molecule has 0 aliphatic carbocycles. The molecule has 0 bridgehead atoms. The lowest BCUT2D eigenvalue weighted by Gasteiger charge is -2.17. The first-order valence-electron chi connectivity index (χ1n) is 6.89. The molecule has 0 N–H and O–H groups in total. The summed E-state index contributed by atoms with van der Waals surface area (Å²) in [6.07, 6.45) is 0.227. The van der Waals surface area contributed by atoms with Crippen LogP contribution in [0, 0.1) is 19.3 Å². The quantitative estimate of drug-likeness (QED) is 0.851. The molecule has 0 aliphatic rings. The van der Waals surface area contributed by atoms with Gasteiger partial charge in [0.25, 0.3) is 5.56 Å². The molecule has 0 radical (unpaired) electrons. The zero-order valence-electron chi connectivity index (χ0n) is 13.1. The van der Waals surface area contributed by atoms with Crippen molar-refractivity contribution in [2.75, 3.05) is 0 Å². The van der Waals surface area contributed by atoms with Crippen molar-refractivity contribution in [2.24, 2.45) is 5.41 Å². The number of aryl methyl sites for hydroxylation is 2. The minimum Gasteiger partial charge on any atom is -0.332 e. The Morgan fingerprint density at radius 2 is 1.95 bits per heavy atom. The number of aromatic nitrogens is 2. The number of carbonyl (C=O) groups is 1. The molecule has 0 fully saturated rings. The van der Waals surface area contributed by atoms with Crippen molar-refractivity contribution in [2.45, 2.75) is 41.0 Å². The maximum atomic E-state index is 12.5. The van der Waals surface area contributed by atoms with E-state index in [2.05, 4.69) is 4.98 Å². The largest absolute Gasteiger partial charge is 0.333 e. The number of rotatable bonds is 2. The maximum Gasteiger partial charge on any atom is 0.333 e. The van der Waals surface area contributed by atoms with Gasteiger partial charge >= 0.3 is 5.97 Å². The van der Waals surface area contributed by atoms with Gasteiger partial charge in [-0.1, -0.05) is 32.9 Å². The molecule has 1 aromatic heterocycles. The minimum absolute atomic E-state index is 0.200. The summed E-state index contributed by atoms with van der Waals surface area (Å²) in [6.45, 7) is 9.29. The van der Waals surface area contributed by atoms with Gasteiger partial charge in [-0.15, -0.1) is 4.73 Å². The van der Waals surface area contributed by atoms with E-state index in [1.165, 1.54) is 0 Å². The van der Waals surface area contributed by atoms with Crippen LogP contribution in [-0.4, -0.2) is 15.7 Å². The van der Waals surface area contributed by atoms with Crippen LogP contribution in [0.25, 0.3) is 10.9 Å².